The minimum absolute atomic E-state index is 0.292. The van der Waals surface area contributed by atoms with Crippen LogP contribution in [0.2, 0.25) is 0 Å². The molecule has 5 rings (SSSR count). The van der Waals surface area contributed by atoms with Gasteiger partial charge in [-0.2, -0.15) is 0 Å². The van der Waals surface area contributed by atoms with E-state index >= 15 is 0 Å². The van der Waals surface area contributed by atoms with Crippen LogP contribution in [0.25, 0.3) is 18.2 Å². The van der Waals surface area contributed by atoms with Gasteiger partial charge in [-0.25, -0.2) is 0 Å². The van der Waals surface area contributed by atoms with Crippen molar-refractivity contribution in [2.45, 2.75) is 6.04 Å². The zero-order valence-corrected chi connectivity index (χ0v) is 19.2. The van der Waals surface area contributed by atoms with Crippen molar-refractivity contribution in [1.29, 1.82) is 0 Å². The fourth-order valence-electron chi connectivity index (χ4n) is 4.69. The van der Waals surface area contributed by atoms with Gasteiger partial charge in [-0.1, -0.05) is 101 Å². The van der Waals surface area contributed by atoms with Gasteiger partial charge in [0.2, 0.25) is 0 Å². The van der Waals surface area contributed by atoms with E-state index in [1.54, 1.807) is 0 Å². The van der Waals surface area contributed by atoms with E-state index in [2.05, 4.69) is 123 Å². The highest BCUT2D eigenvalue weighted by molar-refractivity contribution is 9.10. The van der Waals surface area contributed by atoms with Crippen LogP contribution in [0.1, 0.15) is 33.9 Å². The first-order valence-corrected chi connectivity index (χ1v) is 11.8. The van der Waals surface area contributed by atoms with E-state index in [9.17, 15) is 0 Å². The molecule has 3 aromatic rings. The van der Waals surface area contributed by atoms with Gasteiger partial charge in [0.1, 0.15) is 0 Å². The Kier molecular flexibility index (Phi) is 6.17. The Morgan fingerprint density at radius 3 is 2.29 bits per heavy atom. The van der Waals surface area contributed by atoms with Crippen molar-refractivity contribution in [2.24, 2.45) is 0 Å². The van der Waals surface area contributed by atoms with Gasteiger partial charge in [0.05, 0.1) is 6.04 Å². The van der Waals surface area contributed by atoms with Crippen molar-refractivity contribution in [3.05, 3.63) is 111 Å². The van der Waals surface area contributed by atoms with E-state index in [1.807, 2.05) is 0 Å². The molecule has 0 aromatic heterocycles. The van der Waals surface area contributed by atoms with E-state index in [0.29, 0.717) is 6.04 Å². The summed E-state index contributed by atoms with van der Waals surface area (Å²) in [7, 11) is 0. The Balaban J connectivity index is 1.33. The van der Waals surface area contributed by atoms with Crippen LogP contribution in [0.4, 0.5) is 0 Å². The van der Waals surface area contributed by atoms with Crippen LogP contribution in [0.3, 0.4) is 0 Å². The van der Waals surface area contributed by atoms with Gasteiger partial charge in [-0.15, -0.1) is 0 Å². The number of rotatable bonds is 4. The third-order valence-electron chi connectivity index (χ3n) is 6.32. The average molecular weight is 471 g/mol. The van der Waals surface area contributed by atoms with E-state index < -0.39 is 0 Å². The van der Waals surface area contributed by atoms with E-state index in [0.717, 1.165) is 37.2 Å². The Bertz CT molecular complexity index is 1100. The van der Waals surface area contributed by atoms with Crippen LogP contribution in [0, 0.1) is 0 Å². The summed E-state index contributed by atoms with van der Waals surface area (Å²) in [5.41, 5.74) is 6.72. The molecule has 1 unspecified atom stereocenters. The number of nitrogens with zero attached hydrogens (tertiary/aromatic N) is 2. The normalized spacial score (nSPS) is 19.2. The minimum atomic E-state index is 0.292. The summed E-state index contributed by atoms with van der Waals surface area (Å²) in [5, 5.41) is 0. The molecule has 1 heterocycles. The first-order valence-electron chi connectivity index (χ1n) is 11.0. The lowest BCUT2D eigenvalue weighted by atomic mass is 9.92. The largest absolute Gasteiger partial charge is 0.297 e. The van der Waals surface area contributed by atoms with Gasteiger partial charge < -0.3 is 0 Å². The molecule has 0 amide bonds. The molecule has 3 heteroatoms. The summed E-state index contributed by atoms with van der Waals surface area (Å²) >= 11 is 3.71. The highest BCUT2D eigenvalue weighted by atomic mass is 79.9. The van der Waals surface area contributed by atoms with Crippen molar-refractivity contribution in [3.8, 4) is 0 Å². The maximum Gasteiger partial charge on any atom is 0.0614 e. The minimum Gasteiger partial charge on any atom is -0.297 e. The molecular formula is C28H27BrN2. The van der Waals surface area contributed by atoms with Crippen LogP contribution < -0.4 is 0 Å². The van der Waals surface area contributed by atoms with Crippen LogP contribution in [-0.4, -0.2) is 42.5 Å². The van der Waals surface area contributed by atoms with E-state index in [-0.39, 0.29) is 0 Å². The van der Waals surface area contributed by atoms with Crippen molar-refractivity contribution >= 4 is 34.2 Å². The lowest BCUT2D eigenvalue weighted by molar-refractivity contribution is 0.117. The van der Waals surface area contributed by atoms with Crippen LogP contribution in [-0.2, 0) is 0 Å². The lowest BCUT2D eigenvalue weighted by Gasteiger charge is -2.40. The number of hydrogen-bond donors (Lipinski definition) is 0. The van der Waals surface area contributed by atoms with Gasteiger partial charge in [-0.3, -0.25) is 9.80 Å². The predicted octanol–water partition coefficient (Wildman–Crippen LogP) is 6.35. The number of benzene rings is 3. The van der Waals surface area contributed by atoms with Crippen LogP contribution >= 0.6 is 15.9 Å². The first-order chi connectivity index (χ1) is 15.3. The third-order valence-corrected chi connectivity index (χ3v) is 6.82. The number of piperazine rings is 1. The molecule has 0 N–H and O–H groups in total. The summed E-state index contributed by atoms with van der Waals surface area (Å²) in [4.78, 5) is 5.22. The second-order valence-corrected chi connectivity index (χ2v) is 9.20. The summed E-state index contributed by atoms with van der Waals surface area (Å²) in [6, 6.07) is 26.4. The lowest BCUT2D eigenvalue weighted by Crippen LogP contribution is -2.47. The number of fused-ring (bicyclic) bond motifs is 2. The van der Waals surface area contributed by atoms with Gasteiger partial charge in [0.25, 0.3) is 0 Å². The van der Waals surface area contributed by atoms with Crippen molar-refractivity contribution in [2.75, 3.05) is 32.7 Å². The molecule has 1 saturated heterocycles. The molecule has 1 atom stereocenters. The molecule has 31 heavy (non-hydrogen) atoms. The van der Waals surface area contributed by atoms with Crippen LogP contribution in [0.5, 0.6) is 0 Å². The van der Waals surface area contributed by atoms with E-state index in [1.165, 1.54) is 27.8 Å². The average Bonchev–Trinajstić information content (AvgIpc) is 2.97. The fourth-order valence-corrected chi connectivity index (χ4v) is 5.07. The van der Waals surface area contributed by atoms with Gasteiger partial charge in [0, 0.05) is 37.2 Å². The number of halogens is 1. The Hall–Kier alpha value is -2.46. The highest BCUT2D eigenvalue weighted by Gasteiger charge is 2.29. The van der Waals surface area contributed by atoms with Crippen molar-refractivity contribution in [1.82, 2.24) is 9.80 Å². The zero-order chi connectivity index (χ0) is 21.0. The SMILES string of the molecule is Brc1ccc2c(c1)C(N1CCN(CC=Cc3ccccc3)CC1)c1ccccc1C=C2. The molecule has 2 aliphatic rings. The predicted molar refractivity (Wildman–Crippen MR) is 135 cm³/mol. The van der Waals surface area contributed by atoms with Crippen LogP contribution in [0.15, 0.2) is 83.3 Å². The molecule has 1 fully saturated rings. The third kappa shape index (κ3) is 4.59. The van der Waals surface area contributed by atoms with Crippen molar-refractivity contribution < 1.29 is 0 Å². The Labute approximate surface area is 193 Å². The quantitative estimate of drug-likeness (QED) is 0.437. The maximum atomic E-state index is 3.71. The summed E-state index contributed by atoms with van der Waals surface area (Å²) in [5.74, 6) is 0. The highest BCUT2D eigenvalue weighted by Crippen LogP contribution is 2.38. The standard InChI is InChI=1S/C28H27BrN2/c29-25-15-14-24-13-12-23-10-4-5-11-26(23)28(27(24)21-25)31-19-17-30(18-20-31)16-6-9-22-7-2-1-3-8-22/h1-15,21,28H,16-20H2. The Morgan fingerprint density at radius 1 is 0.774 bits per heavy atom. The first kappa shape index (κ1) is 20.4. The zero-order valence-electron chi connectivity index (χ0n) is 17.6. The molecule has 1 aliphatic carbocycles. The van der Waals surface area contributed by atoms with Gasteiger partial charge >= 0.3 is 0 Å². The topological polar surface area (TPSA) is 6.48 Å². The maximum absolute atomic E-state index is 3.71. The molecule has 0 saturated carbocycles. The van der Waals surface area contributed by atoms with Gasteiger partial charge in [-0.05, 0) is 39.9 Å². The smallest absolute Gasteiger partial charge is 0.0614 e. The molecule has 0 spiro atoms. The second-order valence-electron chi connectivity index (χ2n) is 8.29. The Morgan fingerprint density at radius 2 is 1.48 bits per heavy atom. The number of hydrogen-bond acceptors (Lipinski definition) is 2. The molecule has 3 aromatic carbocycles. The molecule has 0 radical (unpaired) electrons. The summed E-state index contributed by atoms with van der Waals surface area (Å²) < 4.78 is 1.15. The molecule has 156 valence electrons. The summed E-state index contributed by atoms with van der Waals surface area (Å²) in [6.45, 7) is 5.34. The molecule has 1 aliphatic heterocycles. The monoisotopic (exact) mass is 470 g/mol. The van der Waals surface area contributed by atoms with Crippen molar-refractivity contribution in [3.63, 3.8) is 0 Å². The fraction of sp³-hybridized carbons (Fsp3) is 0.214. The second kappa shape index (κ2) is 9.35. The molecule has 2 nitrogen and oxygen atoms in total. The molecule has 0 bridgehead atoms. The van der Waals surface area contributed by atoms with Gasteiger partial charge in [0.15, 0.2) is 0 Å². The van der Waals surface area contributed by atoms with E-state index in [4.69, 9.17) is 0 Å². The molecular weight excluding hydrogens is 444 g/mol. The summed E-state index contributed by atoms with van der Waals surface area (Å²) in [6.07, 6.45) is 9.06.